The van der Waals surface area contributed by atoms with Gasteiger partial charge in [-0.05, 0) is 6.42 Å². The fourth-order valence-corrected chi connectivity index (χ4v) is 0.533. The molecule has 0 aliphatic rings. The van der Waals surface area contributed by atoms with E-state index in [4.69, 9.17) is 10.5 Å². The predicted octanol–water partition coefficient (Wildman–Crippen LogP) is 0.355. The van der Waals surface area contributed by atoms with Crippen LogP contribution in [-0.2, 0) is 19.4 Å². The van der Waals surface area contributed by atoms with Crippen molar-refractivity contribution in [3.05, 3.63) is 11.6 Å². The first kappa shape index (κ1) is 10.6. The van der Waals surface area contributed by atoms with E-state index in [2.05, 4.69) is 9.78 Å². The molecule has 6 nitrogen and oxygen atoms in total. The highest BCUT2D eigenvalue weighted by molar-refractivity contribution is 5.95. The number of hydrogen-bond acceptors (Lipinski definition) is 6. The van der Waals surface area contributed by atoms with E-state index in [1.54, 1.807) is 6.92 Å². The van der Waals surface area contributed by atoms with E-state index in [9.17, 15) is 9.59 Å². The fourth-order valence-electron chi connectivity index (χ4n) is 0.533. The lowest BCUT2D eigenvalue weighted by Gasteiger charge is -1.97. The Bertz CT molecular complexity index is 206. The molecule has 0 aromatic heterocycles. The SMILES string of the molecule is CCC(=CC(=O)OO)C(=O)OO. The van der Waals surface area contributed by atoms with Gasteiger partial charge in [-0.25, -0.2) is 9.59 Å². The average Bonchev–Trinajstić information content (AvgIpc) is 2.12. The van der Waals surface area contributed by atoms with Gasteiger partial charge in [0.1, 0.15) is 0 Å². The standard InChI is InChI=1S/C6H8O6/c1-2-4(6(8)12-10)3-5(7)11-9/h3,9-10H,2H2,1H3. The number of carbonyl (C=O) groups excluding carboxylic acids is 2. The van der Waals surface area contributed by atoms with E-state index in [0.29, 0.717) is 0 Å². The predicted molar refractivity (Wildman–Crippen MR) is 35.8 cm³/mol. The van der Waals surface area contributed by atoms with Gasteiger partial charge in [-0.15, -0.1) is 0 Å². The molecule has 0 unspecified atom stereocenters. The van der Waals surface area contributed by atoms with E-state index >= 15 is 0 Å². The van der Waals surface area contributed by atoms with E-state index < -0.39 is 11.9 Å². The Morgan fingerprint density at radius 1 is 1.33 bits per heavy atom. The van der Waals surface area contributed by atoms with Gasteiger partial charge in [0, 0.05) is 11.6 Å². The summed E-state index contributed by atoms with van der Waals surface area (Å²) in [5.74, 6) is -2.15. The molecule has 0 heterocycles. The molecular formula is C6H8O6. The van der Waals surface area contributed by atoms with Gasteiger partial charge in [0.15, 0.2) is 0 Å². The molecule has 0 aliphatic heterocycles. The van der Waals surface area contributed by atoms with Gasteiger partial charge >= 0.3 is 11.9 Å². The van der Waals surface area contributed by atoms with Crippen molar-refractivity contribution >= 4 is 11.9 Å². The summed E-state index contributed by atoms with van der Waals surface area (Å²) in [6.07, 6.45) is 0.896. The minimum Gasteiger partial charge on any atom is -0.296 e. The third-order valence-corrected chi connectivity index (χ3v) is 1.11. The summed E-state index contributed by atoms with van der Waals surface area (Å²) in [4.78, 5) is 27.6. The van der Waals surface area contributed by atoms with Crippen LogP contribution in [0.3, 0.4) is 0 Å². The van der Waals surface area contributed by atoms with Gasteiger partial charge in [-0.3, -0.25) is 9.78 Å². The van der Waals surface area contributed by atoms with Gasteiger partial charge in [0.2, 0.25) is 0 Å². The molecule has 0 amide bonds. The third kappa shape index (κ3) is 3.13. The van der Waals surface area contributed by atoms with E-state index in [1.165, 1.54) is 0 Å². The fraction of sp³-hybridized carbons (Fsp3) is 0.333. The summed E-state index contributed by atoms with van der Waals surface area (Å²) in [6, 6.07) is 0. The second kappa shape index (κ2) is 5.28. The Labute approximate surface area is 67.9 Å². The van der Waals surface area contributed by atoms with Crippen LogP contribution in [0.4, 0.5) is 0 Å². The lowest BCUT2D eigenvalue weighted by atomic mass is 10.2. The molecule has 12 heavy (non-hydrogen) atoms. The zero-order valence-electron chi connectivity index (χ0n) is 6.31. The van der Waals surface area contributed by atoms with Crippen LogP contribution in [0.5, 0.6) is 0 Å². The quantitative estimate of drug-likeness (QED) is 0.366. The van der Waals surface area contributed by atoms with Crippen LogP contribution in [0.15, 0.2) is 11.6 Å². The molecule has 0 saturated heterocycles. The summed E-state index contributed by atoms with van der Waals surface area (Å²) in [5.41, 5.74) is -0.100. The Hall–Kier alpha value is -1.40. The maximum atomic E-state index is 10.6. The normalized spacial score (nSPS) is 10.8. The highest BCUT2D eigenvalue weighted by Crippen LogP contribution is 2.02. The Kier molecular flexibility index (Phi) is 4.66. The summed E-state index contributed by atoms with van der Waals surface area (Å²) in [5, 5.41) is 15.7. The molecule has 0 aromatic rings. The zero-order valence-corrected chi connectivity index (χ0v) is 6.31. The maximum absolute atomic E-state index is 10.6. The topological polar surface area (TPSA) is 93.1 Å². The van der Waals surface area contributed by atoms with Crippen molar-refractivity contribution < 1.29 is 29.9 Å². The minimum atomic E-state index is -1.10. The third-order valence-electron chi connectivity index (χ3n) is 1.11. The van der Waals surface area contributed by atoms with Gasteiger partial charge in [-0.1, -0.05) is 6.92 Å². The van der Waals surface area contributed by atoms with Crippen LogP contribution >= 0.6 is 0 Å². The van der Waals surface area contributed by atoms with E-state index in [0.717, 1.165) is 6.08 Å². The van der Waals surface area contributed by atoms with Crippen molar-refractivity contribution in [2.45, 2.75) is 13.3 Å². The molecule has 0 spiro atoms. The lowest BCUT2D eigenvalue weighted by Crippen LogP contribution is -2.07. The summed E-state index contributed by atoms with van der Waals surface area (Å²) in [7, 11) is 0. The zero-order chi connectivity index (χ0) is 9.56. The Morgan fingerprint density at radius 2 is 1.92 bits per heavy atom. The number of hydrogen-bond donors (Lipinski definition) is 2. The average molecular weight is 176 g/mol. The van der Waals surface area contributed by atoms with Crippen LogP contribution in [0.2, 0.25) is 0 Å². The van der Waals surface area contributed by atoms with Crippen molar-refractivity contribution in [3.63, 3.8) is 0 Å². The summed E-state index contributed by atoms with van der Waals surface area (Å²) >= 11 is 0. The van der Waals surface area contributed by atoms with Gasteiger partial charge in [-0.2, -0.15) is 10.5 Å². The smallest absolute Gasteiger partial charge is 0.296 e. The molecule has 0 saturated carbocycles. The molecule has 6 heteroatoms. The molecule has 0 aromatic carbocycles. The Balaban J connectivity index is 4.43. The van der Waals surface area contributed by atoms with Crippen molar-refractivity contribution in [2.75, 3.05) is 0 Å². The second-order valence-corrected chi connectivity index (χ2v) is 1.81. The number of carbonyl (C=O) groups is 2. The molecule has 0 fully saturated rings. The number of rotatable bonds is 3. The highest BCUT2D eigenvalue weighted by atomic mass is 17.1. The second-order valence-electron chi connectivity index (χ2n) is 1.81. The van der Waals surface area contributed by atoms with Crippen LogP contribution in [0.1, 0.15) is 13.3 Å². The summed E-state index contributed by atoms with van der Waals surface area (Å²) in [6.45, 7) is 1.56. The lowest BCUT2D eigenvalue weighted by molar-refractivity contribution is -0.231. The molecule has 0 bridgehead atoms. The molecule has 2 N–H and O–H groups in total. The largest absolute Gasteiger partial charge is 0.369 e. The maximum Gasteiger partial charge on any atom is 0.369 e. The van der Waals surface area contributed by atoms with Crippen molar-refractivity contribution in [1.29, 1.82) is 0 Å². The Morgan fingerprint density at radius 3 is 2.25 bits per heavy atom. The minimum absolute atomic E-state index is 0.100. The van der Waals surface area contributed by atoms with E-state index in [-0.39, 0.29) is 12.0 Å². The molecular weight excluding hydrogens is 168 g/mol. The highest BCUT2D eigenvalue weighted by Gasteiger charge is 2.11. The first-order valence-corrected chi connectivity index (χ1v) is 3.07. The first-order valence-electron chi connectivity index (χ1n) is 3.07. The molecule has 0 radical (unpaired) electrons. The van der Waals surface area contributed by atoms with Gasteiger partial charge < -0.3 is 0 Å². The van der Waals surface area contributed by atoms with Gasteiger partial charge in [0.05, 0.1) is 0 Å². The van der Waals surface area contributed by atoms with Crippen molar-refractivity contribution in [2.24, 2.45) is 0 Å². The van der Waals surface area contributed by atoms with Crippen molar-refractivity contribution in [3.8, 4) is 0 Å². The monoisotopic (exact) mass is 176 g/mol. The van der Waals surface area contributed by atoms with Crippen LogP contribution in [0.25, 0.3) is 0 Å². The van der Waals surface area contributed by atoms with Crippen LogP contribution < -0.4 is 0 Å². The van der Waals surface area contributed by atoms with Crippen LogP contribution in [0, 0.1) is 0 Å². The molecule has 0 rings (SSSR count). The van der Waals surface area contributed by atoms with Gasteiger partial charge in [0.25, 0.3) is 0 Å². The summed E-state index contributed by atoms with van der Waals surface area (Å²) < 4.78 is 0. The van der Waals surface area contributed by atoms with E-state index in [1.807, 2.05) is 0 Å². The van der Waals surface area contributed by atoms with Crippen molar-refractivity contribution in [1.82, 2.24) is 0 Å². The molecule has 0 aliphatic carbocycles. The van der Waals surface area contributed by atoms with Crippen LogP contribution in [-0.4, -0.2) is 22.5 Å². The molecule has 0 atom stereocenters. The molecule has 68 valence electrons. The first-order chi connectivity index (χ1) is 5.65.